The molecule has 3 amide bonds. The van der Waals surface area contributed by atoms with Crippen LogP contribution in [0.25, 0.3) is 0 Å². The zero-order valence-electron chi connectivity index (χ0n) is 14.4. The van der Waals surface area contributed by atoms with Crippen LogP contribution >= 0.6 is 0 Å². The van der Waals surface area contributed by atoms with Gasteiger partial charge < -0.3 is 16.0 Å². The zero-order valence-corrected chi connectivity index (χ0v) is 14.4. The highest BCUT2D eigenvalue weighted by Crippen LogP contribution is 2.10. The van der Waals surface area contributed by atoms with Crippen LogP contribution in [0.2, 0.25) is 0 Å². The van der Waals surface area contributed by atoms with Gasteiger partial charge in [0.2, 0.25) is 11.8 Å². The Bertz CT molecular complexity index is 628. The summed E-state index contributed by atoms with van der Waals surface area (Å²) in [6.07, 6.45) is 1.45. The van der Waals surface area contributed by atoms with E-state index in [1.807, 2.05) is 32.9 Å². The van der Waals surface area contributed by atoms with Crippen LogP contribution in [-0.2, 0) is 9.59 Å². The van der Waals surface area contributed by atoms with Crippen molar-refractivity contribution in [1.29, 1.82) is 0 Å². The van der Waals surface area contributed by atoms with Gasteiger partial charge in [0, 0.05) is 12.1 Å². The molecule has 24 heavy (non-hydrogen) atoms. The lowest BCUT2D eigenvalue weighted by Crippen LogP contribution is -2.56. The van der Waals surface area contributed by atoms with Gasteiger partial charge in [0.05, 0.1) is 0 Å². The van der Waals surface area contributed by atoms with E-state index in [9.17, 15) is 14.4 Å². The van der Waals surface area contributed by atoms with Gasteiger partial charge >= 0.3 is 0 Å². The normalized spacial score (nSPS) is 18.7. The van der Waals surface area contributed by atoms with E-state index in [2.05, 4.69) is 16.0 Å². The quantitative estimate of drug-likeness (QED) is 0.756. The third-order valence-electron chi connectivity index (χ3n) is 4.23. The van der Waals surface area contributed by atoms with Gasteiger partial charge in [0.25, 0.3) is 5.91 Å². The van der Waals surface area contributed by atoms with Crippen molar-refractivity contribution in [2.45, 2.75) is 45.7 Å². The molecule has 0 radical (unpaired) electrons. The third-order valence-corrected chi connectivity index (χ3v) is 4.23. The van der Waals surface area contributed by atoms with Crippen molar-refractivity contribution < 1.29 is 14.4 Å². The first-order valence-corrected chi connectivity index (χ1v) is 8.34. The molecule has 0 saturated carbocycles. The smallest absolute Gasteiger partial charge is 0.252 e. The molecule has 0 spiro atoms. The van der Waals surface area contributed by atoms with E-state index < -0.39 is 12.1 Å². The van der Waals surface area contributed by atoms with E-state index >= 15 is 0 Å². The standard InChI is InChI=1S/C18H25N3O3/c1-11(2)15(18(24)20-14-9-6-10-19-17(14)23)21-16(22)13-8-5-4-7-12(13)3/h4-5,7-8,11,14-15H,6,9-10H2,1-3H3,(H,19,23)(H,20,24)(H,21,22). The van der Waals surface area contributed by atoms with E-state index in [-0.39, 0.29) is 23.6 Å². The Kier molecular flexibility index (Phi) is 5.95. The first-order chi connectivity index (χ1) is 11.4. The molecule has 2 unspecified atom stereocenters. The van der Waals surface area contributed by atoms with Crippen molar-refractivity contribution >= 4 is 17.7 Å². The molecular formula is C18H25N3O3. The average Bonchev–Trinajstić information content (AvgIpc) is 2.54. The summed E-state index contributed by atoms with van der Waals surface area (Å²) >= 11 is 0. The van der Waals surface area contributed by atoms with Gasteiger partial charge in [0.15, 0.2) is 0 Å². The lowest BCUT2D eigenvalue weighted by molar-refractivity contribution is -0.131. The maximum absolute atomic E-state index is 12.5. The highest BCUT2D eigenvalue weighted by molar-refractivity contribution is 5.99. The molecule has 130 valence electrons. The van der Waals surface area contributed by atoms with E-state index in [1.165, 1.54) is 0 Å². The van der Waals surface area contributed by atoms with Crippen molar-refractivity contribution in [1.82, 2.24) is 16.0 Å². The monoisotopic (exact) mass is 331 g/mol. The lowest BCUT2D eigenvalue weighted by Gasteiger charge is -2.27. The van der Waals surface area contributed by atoms with Crippen LogP contribution in [-0.4, -0.2) is 36.3 Å². The Hall–Kier alpha value is -2.37. The molecule has 1 heterocycles. The summed E-state index contributed by atoms with van der Waals surface area (Å²) in [5.41, 5.74) is 1.40. The number of nitrogens with one attached hydrogen (secondary N) is 3. The first-order valence-electron chi connectivity index (χ1n) is 8.34. The number of carbonyl (C=O) groups is 3. The molecule has 0 aliphatic carbocycles. The second-order valence-electron chi connectivity index (χ2n) is 6.50. The predicted octanol–water partition coefficient (Wildman–Crippen LogP) is 1.14. The SMILES string of the molecule is Cc1ccccc1C(=O)NC(C(=O)NC1CCCNC1=O)C(C)C. The fraction of sp³-hybridized carbons (Fsp3) is 0.500. The molecule has 1 saturated heterocycles. The molecule has 3 N–H and O–H groups in total. The highest BCUT2D eigenvalue weighted by atomic mass is 16.2. The lowest BCUT2D eigenvalue weighted by atomic mass is 10.00. The van der Waals surface area contributed by atoms with Crippen LogP contribution in [0.15, 0.2) is 24.3 Å². The Labute approximate surface area is 142 Å². The van der Waals surface area contributed by atoms with Crippen molar-refractivity contribution in [3.63, 3.8) is 0 Å². The van der Waals surface area contributed by atoms with Crippen LogP contribution in [0.3, 0.4) is 0 Å². The minimum absolute atomic E-state index is 0.0929. The van der Waals surface area contributed by atoms with E-state index in [4.69, 9.17) is 0 Å². The Morgan fingerprint density at radius 1 is 1.25 bits per heavy atom. The summed E-state index contributed by atoms with van der Waals surface area (Å²) in [4.78, 5) is 36.8. The number of hydrogen-bond acceptors (Lipinski definition) is 3. The minimum atomic E-state index is -0.688. The van der Waals surface area contributed by atoms with Crippen LogP contribution < -0.4 is 16.0 Å². The number of piperidine rings is 1. The number of rotatable bonds is 5. The van der Waals surface area contributed by atoms with Gasteiger partial charge in [-0.2, -0.15) is 0 Å². The Morgan fingerprint density at radius 2 is 1.96 bits per heavy atom. The summed E-state index contributed by atoms with van der Waals surface area (Å²) in [7, 11) is 0. The largest absolute Gasteiger partial charge is 0.354 e. The molecule has 1 aromatic carbocycles. The van der Waals surface area contributed by atoms with Gasteiger partial charge in [-0.1, -0.05) is 32.0 Å². The molecule has 2 atom stereocenters. The molecule has 1 aromatic rings. The summed E-state index contributed by atoms with van der Waals surface area (Å²) in [5.74, 6) is -0.865. The average molecular weight is 331 g/mol. The zero-order chi connectivity index (χ0) is 17.7. The number of hydrogen-bond donors (Lipinski definition) is 3. The minimum Gasteiger partial charge on any atom is -0.354 e. The van der Waals surface area contributed by atoms with Crippen LogP contribution in [0.5, 0.6) is 0 Å². The van der Waals surface area contributed by atoms with Crippen molar-refractivity contribution in [2.75, 3.05) is 6.54 Å². The molecule has 1 aliphatic rings. The number of benzene rings is 1. The van der Waals surface area contributed by atoms with Gasteiger partial charge in [-0.05, 0) is 37.3 Å². The molecule has 6 heteroatoms. The number of aryl methyl sites for hydroxylation is 1. The second kappa shape index (κ2) is 7.95. The van der Waals surface area contributed by atoms with Gasteiger partial charge in [-0.3, -0.25) is 14.4 Å². The van der Waals surface area contributed by atoms with E-state index in [0.717, 1.165) is 12.0 Å². The van der Waals surface area contributed by atoms with Gasteiger partial charge in [-0.25, -0.2) is 0 Å². The van der Waals surface area contributed by atoms with E-state index in [0.29, 0.717) is 18.5 Å². The summed E-state index contributed by atoms with van der Waals surface area (Å²) in [5, 5.41) is 8.29. The van der Waals surface area contributed by atoms with Gasteiger partial charge in [-0.15, -0.1) is 0 Å². The van der Waals surface area contributed by atoms with Crippen molar-refractivity contribution in [3.05, 3.63) is 35.4 Å². The topological polar surface area (TPSA) is 87.3 Å². The fourth-order valence-electron chi connectivity index (χ4n) is 2.75. The number of carbonyl (C=O) groups excluding carboxylic acids is 3. The highest BCUT2D eigenvalue weighted by Gasteiger charge is 2.30. The summed E-state index contributed by atoms with van der Waals surface area (Å²) in [6, 6.07) is 6.02. The fourth-order valence-corrected chi connectivity index (χ4v) is 2.75. The predicted molar refractivity (Wildman–Crippen MR) is 91.4 cm³/mol. The molecule has 2 rings (SSSR count). The third kappa shape index (κ3) is 4.34. The van der Waals surface area contributed by atoms with Crippen LogP contribution in [0, 0.1) is 12.8 Å². The summed E-state index contributed by atoms with van der Waals surface area (Å²) < 4.78 is 0. The maximum atomic E-state index is 12.5. The first kappa shape index (κ1) is 18.0. The van der Waals surface area contributed by atoms with Crippen LogP contribution in [0.1, 0.15) is 42.6 Å². The van der Waals surface area contributed by atoms with E-state index in [1.54, 1.807) is 12.1 Å². The maximum Gasteiger partial charge on any atom is 0.252 e. The van der Waals surface area contributed by atoms with Crippen molar-refractivity contribution in [3.8, 4) is 0 Å². The Balaban J connectivity index is 2.06. The Morgan fingerprint density at radius 3 is 2.58 bits per heavy atom. The van der Waals surface area contributed by atoms with Gasteiger partial charge in [0.1, 0.15) is 12.1 Å². The molecule has 0 bridgehead atoms. The van der Waals surface area contributed by atoms with Crippen molar-refractivity contribution in [2.24, 2.45) is 5.92 Å². The summed E-state index contributed by atoms with van der Waals surface area (Å²) in [6.45, 7) is 6.22. The number of amides is 3. The van der Waals surface area contributed by atoms with Crippen LogP contribution in [0.4, 0.5) is 0 Å². The second-order valence-corrected chi connectivity index (χ2v) is 6.50. The molecule has 1 aliphatic heterocycles. The molecule has 1 fully saturated rings. The molecule has 6 nitrogen and oxygen atoms in total. The molecule has 0 aromatic heterocycles. The molecular weight excluding hydrogens is 306 g/mol.